The van der Waals surface area contributed by atoms with E-state index in [0.717, 1.165) is 18.5 Å². The highest BCUT2D eigenvalue weighted by molar-refractivity contribution is 5.78. The van der Waals surface area contributed by atoms with Crippen molar-refractivity contribution in [1.29, 1.82) is 0 Å². The molecule has 1 aliphatic heterocycles. The van der Waals surface area contributed by atoms with Gasteiger partial charge >= 0.3 is 5.97 Å². The van der Waals surface area contributed by atoms with Gasteiger partial charge in [0, 0.05) is 12.3 Å². The van der Waals surface area contributed by atoms with Crippen molar-refractivity contribution in [2.24, 2.45) is 10.2 Å². The second-order valence-electron chi connectivity index (χ2n) is 5.80. The number of aromatic nitrogens is 1. The van der Waals surface area contributed by atoms with Gasteiger partial charge in [0.1, 0.15) is 11.4 Å². The van der Waals surface area contributed by atoms with E-state index in [2.05, 4.69) is 15.2 Å². The summed E-state index contributed by atoms with van der Waals surface area (Å²) in [6, 6.07) is 10.5. The van der Waals surface area contributed by atoms with Gasteiger partial charge in [0.15, 0.2) is 17.7 Å². The van der Waals surface area contributed by atoms with Crippen LogP contribution in [0.1, 0.15) is 25.0 Å². The molecular formula is C18H20N4O3. The van der Waals surface area contributed by atoms with E-state index in [1.54, 1.807) is 36.4 Å². The maximum atomic E-state index is 12.2. The van der Waals surface area contributed by atoms with Crippen LogP contribution in [0.25, 0.3) is 0 Å². The lowest BCUT2D eigenvalue weighted by Gasteiger charge is -2.20. The molecule has 0 radical (unpaired) electrons. The van der Waals surface area contributed by atoms with Crippen molar-refractivity contribution in [1.82, 2.24) is 4.98 Å². The number of azo groups is 1. The Labute approximate surface area is 145 Å². The molecule has 0 spiro atoms. The highest BCUT2D eigenvalue weighted by Crippen LogP contribution is 2.31. The summed E-state index contributed by atoms with van der Waals surface area (Å²) in [5.74, 6) is 0.233. The van der Waals surface area contributed by atoms with Crippen LogP contribution in [0.5, 0.6) is 5.75 Å². The van der Waals surface area contributed by atoms with Crippen LogP contribution in [0, 0.1) is 6.92 Å². The van der Waals surface area contributed by atoms with Gasteiger partial charge in [-0.2, -0.15) is 0 Å². The number of esters is 1. The number of nitrogens with zero attached hydrogens (tertiary/aromatic N) is 3. The van der Waals surface area contributed by atoms with Gasteiger partial charge in [0.25, 0.3) is 0 Å². The van der Waals surface area contributed by atoms with Crippen LogP contribution in [0.3, 0.4) is 0 Å². The number of rotatable bonds is 4. The number of anilines is 1. The summed E-state index contributed by atoms with van der Waals surface area (Å²) in [6.07, 6.45) is 2.09. The zero-order valence-electron chi connectivity index (χ0n) is 14.0. The maximum Gasteiger partial charge on any atom is 0.340 e. The molecule has 2 heterocycles. The van der Waals surface area contributed by atoms with Crippen molar-refractivity contribution in [2.75, 3.05) is 12.3 Å². The van der Waals surface area contributed by atoms with Crippen LogP contribution in [0.4, 0.5) is 17.2 Å². The quantitative estimate of drug-likeness (QED) is 0.517. The van der Waals surface area contributed by atoms with Crippen LogP contribution in [-0.4, -0.2) is 23.7 Å². The third kappa shape index (κ3) is 4.39. The minimum atomic E-state index is -0.518. The van der Waals surface area contributed by atoms with Crippen molar-refractivity contribution < 1.29 is 14.3 Å². The molecule has 1 aliphatic rings. The van der Waals surface area contributed by atoms with E-state index in [0.29, 0.717) is 36.0 Å². The van der Waals surface area contributed by atoms with Crippen molar-refractivity contribution in [3.63, 3.8) is 0 Å². The Bertz CT molecular complexity index is 786. The first-order valence-corrected chi connectivity index (χ1v) is 8.20. The summed E-state index contributed by atoms with van der Waals surface area (Å²) in [5, 5.41) is 8.26. The first-order valence-electron chi connectivity index (χ1n) is 8.20. The van der Waals surface area contributed by atoms with Gasteiger partial charge in [-0.1, -0.05) is 12.1 Å². The topological polar surface area (TPSA) is 99.2 Å². The molecule has 1 unspecified atom stereocenters. The number of ether oxygens (including phenoxy) is 2. The van der Waals surface area contributed by atoms with Crippen LogP contribution in [0.2, 0.25) is 0 Å². The van der Waals surface area contributed by atoms with Gasteiger partial charge in [0.2, 0.25) is 0 Å². The molecule has 0 saturated carbocycles. The summed E-state index contributed by atoms with van der Waals surface area (Å²) in [6.45, 7) is 2.43. The molecule has 130 valence electrons. The molecule has 7 heteroatoms. The van der Waals surface area contributed by atoms with Crippen molar-refractivity contribution in [3.8, 4) is 5.75 Å². The molecule has 2 N–H and O–H groups in total. The van der Waals surface area contributed by atoms with Gasteiger partial charge in [0.05, 0.1) is 0 Å². The van der Waals surface area contributed by atoms with E-state index in [-0.39, 0.29) is 0 Å². The molecule has 1 aromatic carbocycles. The smallest absolute Gasteiger partial charge is 0.340 e. The van der Waals surface area contributed by atoms with E-state index in [1.165, 1.54) is 0 Å². The van der Waals surface area contributed by atoms with Gasteiger partial charge < -0.3 is 15.2 Å². The molecule has 0 bridgehead atoms. The number of para-hydroxylation sites is 1. The summed E-state index contributed by atoms with van der Waals surface area (Å²) in [4.78, 5) is 16.4. The number of aryl methyl sites for hydroxylation is 1. The molecule has 25 heavy (non-hydrogen) atoms. The monoisotopic (exact) mass is 340 g/mol. The van der Waals surface area contributed by atoms with Crippen molar-refractivity contribution in [2.45, 2.75) is 32.3 Å². The molecule has 2 aromatic rings. The minimum absolute atomic E-state index is 0.300. The molecule has 7 nitrogen and oxygen atoms in total. The average Bonchev–Trinajstić information content (AvgIpc) is 2.63. The predicted octanol–water partition coefficient (Wildman–Crippen LogP) is 3.86. The third-order valence-corrected chi connectivity index (χ3v) is 3.83. The number of carbonyl (C=O) groups is 1. The second-order valence-corrected chi connectivity index (χ2v) is 5.80. The molecule has 1 atom stereocenters. The van der Waals surface area contributed by atoms with Crippen LogP contribution in [-0.2, 0) is 9.53 Å². The molecule has 1 fully saturated rings. The number of carbonyl (C=O) groups excluding carboxylic acids is 1. The van der Waals surface area contributed by atoms with E-state index < -0.39 is 12.1 Å². The maximum absolute atomic E-state index is 12.2. The fourth-order valence-electron chi connectivity index (χ4n) is 2.49. The third-order valence-electron chi connectivity index (χ3n) is 3.83. The van der Waals surface area contributed by atoms with E-state index >= 15 is 0 Å². The fourth-order valence-corrected chi connectivity index (χ4v) is 2.49. The van der Waals surface area contributed by atoms with Gasteiger partial charge in [-0.3, -0.25) is 0 Å². The Morgan fingerprint density at radius 3 is 2.76 bits per heavy atom. The van der Waals surface area contributed by atoms with E-state index in [1.807, 2.05) is 6.92 Å². The Balaban J connectivity index is 1.76. The minimum Gasteiger partial charge on any atom is -0.422 e. The lowest BCUT2D eigenvalue weighted by molar-refractivity contribution is -0.150. The Morgan fingerprint density at radius 1 is 1.20 bits per heavy atom. The fraction of sp³-hybridized carbons (Fsp3) is 0.333. The first kappa shape index (κ1) is 17.0. The number of hydrogen-bond acceptors (Lipinski definition) is 7. The number of hydrogen-bond donors (Lipinski definition) is 1. The zero-order chi connectivity index (χ0) is 17.6. The van der Waals surface area contributed by atoms with Crippen molar-refractivity contribution in [3.05, 3.63) is 42.1 Å². The number of nitrogens with two attached hydrogens (primary N) is 1. The largest absolute Gasteiger partial charge is 0.422 e. The summed E-state index contributed by atoms with van der Waals surface area (Å²) < 4.78 is 10.9. The van der Waals surface area contributed by atoms with E-state index in [9.17, 15) is 4.79 Å². The Kier molecular flexibility index (Phi) is 5.35. The SMILES string of the molecule is Cc1ccc(/N=N/c2ccccc2OC(=O)C2CCCCO2)c(N)n1. The van der Waals surface area contributed by atoms with Gasteiger partial charge in [-0.05, 0) is 50.5 Å². The van der Waals surface area contributed by atoms with Gasteiger partial charge in [-0.15, -0.1) is 10.2 Å². The lowest BCUT2D eigenvalue weighted by atomic mass is 10.1. The first-order chi connectivity index (χ1) is 12.1. The number of pyridine rings is 1. The predicted molar refractivity (Wildman–Crippen MR) is 93.2 cm³/mol. The molecule has 1 aromatic heterocycles. The van der Waals surface area contributed by atoms with Crippen molar-refractivity contribution >= 4 is 23.2 Å². The standard InChI is InChI=1S/C18H20N4O3/c1-12-9-10-14(17(19)20-12)22-21-13-6-2-3-7-15(13)25-18(23)16-8-4-5-11-24-16/h2-3,6-7,9-10,16H,4-5,8,11H2,1H3,(H2,19,20)/b22-21+. The average molecular weight is 340 g/mol. The zero-order valence-corrected chi connectivity index (χ0v) is 14.0. The second kappa shape index (κ2) is 7.85. The highest BCUT2D eigenvalue weighted by Gasteiger charge is 2.24. The molecule has 0 amide bonds. The van der Waals surface area contributed by atoms with E-state index in [4.69, 9.17) is 15.2 Å². The summed E-state index contributed by atoms with van der Waals surface area (Å²) in [7, 11) is 0. The normalized spacial score (nSPS) is 17.6. The highest BCUT2D eigenvalue weighted by atomic mass is 16.6. The molecule has 3 rings (SSSR count). The summed E-state index contributed by atoms with van der Waals surface area (Å²) >= 11 is 0. The van der Waals surface area contributed by atoms with Crippen LogP contribution >= 0.6 is 0 Å². The molecule has 0 aliphatic carbocycles. The Morgan fingerprint density at radius 2 is 2.00 bits per heavy atom. The Hall–Kier alpha value is -2.80. The number of benzene rings is 1. The van der Waals surface area contributed by atoms with Crippen LogP contribution in [0.15, 0.2) is 46.6 Å². The van der Waals surface area contributed by atoms with Crippen LogP contribution < -0.4 is 10.5 Å². The summed E-state index contributed by atoms with van der Waals surface area (Å²) in [5.41, 5.74) is 7.54. The molecule has 1 saturated heterocycles. The number of nitrogen functional groups attached to an aromatic ring is 1. The lowest BCUT2D eigenvalue weighted by Crippen LogP contribution is -2.31. The van der Waals surface area contributed by atoms with Gasteiger partial charge in [-0.25, -0.2) is 9.78 Å². The molecular weight excluding hydrogens is 320 g/mol.